The van der Waals surface area contributed by atoms with E-state index in [1.165, 1.54) is 0 Å². The second-order valence-corrected chi connectivity index (χ2v) is 6.07. The average molecular weight is 330 g/mol. The number of benzene rings is 1. The first-order valence-electron chi connectivity index (χ1n) is 8.45. The first kappa shape index (κ1) is 18.0. The maximum atomic E-state index is 12.3. The zero-order chi connectivity index (χ0) is 17.5. The third-order valence-electron chi connectivity index (χ3n) is 4.47. The Labute approximate surface area is 143 Å². The molecule has 0 saturated carbocycles. The largest absolute Gasteiger partial charge is 0.497 e. The minimum atomic E-state index is -0.0125. The molecule has 1 fully saturated rings. The Morgan fingerprint density at radius 2 is 1.71 bits per heavy atom. The van der Waals surface area contributed by atoms with Gasteiger partial charge in [0, 0.05) is 38.2 Å². The van der Waals surface area contributed by atoms with Gasteiger partial charge in [0.2, 0.25) is 11.8 Å². The average Bonchev–Trinajstić information content (AvgIpc) is 2.65. The van der Waals surface area contributed by atoms with Gasteiger partial charge in [0.1, 0.15) is 5.75 Å². The van der Waals surface area contributed by atoms with Gasteiger partial charge in [-0.05, 0) is 30.2 Å². The number of hydrogen-bond acceptors (Lipinski definition) is 3. The van der Waals surface area contributed by atoms with E-state index in [9.17, 15) is 9.59 Å². The van der Waals surface area contributed by atoms with Gasteiger partial charge in [0.25, 0.3) is 0 Å². The summed E-state index contributed by atoms with van der Waals surface area (Å²) in [6.45, 7) is 6.39. The normalized spacial score (nSPS) is 16.3. The zero-order valence-electron chi connectivity index (χ0n) is 14.7. The lowest BCUT2D eigenvalue weighted by molar-refractivity contribution is -0.140. The van der Waals surface area contributed by atoms with Crippen LogP contribution in [-0.2, 0) is 9.59 Å². The second-order valence-electron chi connectivity index (χ2n) is 6.07. The van der Waals surface area contributed by atoms with Crippen LogP contribution in [-0.4, -0.2) is 54.9 Å². The molecule has 0 N–H and O–H groups in total. The summed E-state index contributed by atoms with van der Waals surface area (Å²) < 4.78 is 5.11. The number of ether oxygens (including phenoxy) is 1. The fraction of sp³-hybridized carbons (Fsp3) is 0.474. The first-order valence-corrected chi connectivity index (χ1v) is 8.45. The number of amides is 2. The van der Waals surface area contributed by atoms with Gasteiger partial charge < -0.3 is 14.5 Å². The fourth-order valence-corrected chi connectivity index (χ4v) is 2.62. The van der Waals surface area contributed by atoms with E-state index >= 15 is 0 Å². The highest BCUT2D eigenvalue weighted by Crippen LogP contribution is 2.13. The van der Waals surface area contributed by atoms with E-state index in [1.807, 2.05) is 43.0 Å². The topological polar surface area (TPSA) is 49.9 Å². The van der Waals surface area contributed by atoms with Crippen LogP contribution in [0.5, 0.6) is 5.75 Å². The molecule has 1 aromatic carbocycles. The summed E-state index contributed by atoms with van der Waals surface area (Å²) in [7, 11) is 1.63. The van der Waals surface area contributed by atoms with E-state index in [0.29, 0.717) is 26.2 Å². The Bertz CT molecular complexity index is 587. The Kier molecular flexibility index (Phi) is 6.41. The number of nitrogens with zero attached hydrogens (tertiary/aromatic N) is 2. The number of carbonyl (C=O) groups is 2. The van der Waals surface area contributed by atoms with Crippen molar-refractivity contribution in [3.8, 4) is 5.75 Å². The van der Waals surface area contributed by atoms with Crippen molar-refractivity contribution in [2.75, 3.05) is 33.3 Å². The molecule has 2 amide bonds. The molecule has 1 aliphatic heterocycles. The Morgan fingerprint density at radius 1 is 1.12 bits per heavy atom. The van der Waals surface area contributed by atoms with Gasteiger partial charge in [0.15, 0.2) is 0 Å². The van der Waals surface area contributed by atoms with Crippen LogP contribution in [0, 0.1) is 5.92 Å². The van der Waals surface area contributed by atoms with Crippen LogP contribution >= 0.6 is 0 Å². The standard InChI is InChI=1S/C19H26N2O3/c1-4-15(2)19(23)21-13-11-20(12-14-21)18(22)10-7-16-5-8-17(24-3)9-6-16/h5-10,15H,4,11-14H2,1-3H3/b10-7+. The molecule has 2 rings (SSSR count). The number of piperazine rings is 1. The summed E-state index contributed by atoms with van der Waals surface area (Å²) in [6, 6.07) is 7.55. The summed E-state index contributed by atoms with van der Waals surface area (Å²) in [5, 5.41) is 0. The number of carbonyl (C=O) groups excluding carboxylic acids is 2. The quantitative estimate of drug-likeness (QED) is 0.779. The van der Waals surface area contributed by atoms with Crippen LogP contribution in [0.25, 0.3) is 6.08 Å². The lowest BCUT2D eigenvalue weighted by Crippen LogP contribution is -2.51. The molecular weight excluding hydrogens is 304 g/mol. The Morgan fingerprint density at radius 3 is 2.25 bits per heavy atom. The van der Waals surface area contributed by atoms with Gasteiger partial charge >= 0.3 is 0 Å². The van der Waals surface area contributed by atoms with Crippen LogP contribution in [0.3, 0.4) is 0 Å². The van der Waals surface area contributed by atoms with E-state index in [4.69, 9.17) is 4.74 Å². The monoisotopic (exact) mass is 330 g/mol. The van der Waals surface area contributed by atoms with Crippen LogP contribution < -0.4 is 4.74 Å². The zero-order valence-corrected chi connectivity index (χ0v) is 14.7. The van der Waals surface area contributed by atoms with Crippen molar-refractivity contribution in [1.82, 2.24) is 9.80 Å². The van der Waals surface area contributed by atoms with Gasteiger partial charge in [-0.3, -0.25) is 9.59 Å². The van der Waals surface area contributed by atoms with Gasteiger partial charge in [-0.2, -0.15) is 0 Å². The highest BCUT2D eigenvalue weighted by Gasteiger charge is 2.25. The molecule has 0 aromatic heterocycles. The molecule has 1 atom stereocenters. The van der Waals surface area contributed by atoms with Crippen molar-refractivity contribution >= 4 is 17.9 Å². The highest BCUT2D eigenvalue weighted by atomic mass is 16.5. The molecular formula is C19H26N2O3. The van der Waals surface area contributed by atoms with Gasteiger partial charge in [-0.25, -0.2) is 0 Å². The van der Waals surface area contributed by atoms with Crippen LogP contribution in [0.15, 0.2) is 30.3 Å². The molecule has 0 radical (unpaired) electrons. The number of methoxy groups -OCH3 is 1. The van der Waals surface area contributed by atoms with Gasteiger partial charge in [-0.1, -0.05) is 26.0 Å². The van der Waals surface area contributed by atoms with Crippen molar-refractivity contribution in [2.45, 2.75) is 20.3 Å². The van der Waals surface area contributed by atoms with E-state index in [0.717, 1.165) is 17.7 Å². The third-order valence-corrected chi connectivity index (χ3v) is 4.47. The van der Waals surface area contributed by atoms with Gasteiger partial charge in [0.05, 0.1) is 7.11 Å². The SMILES string of the molecule is CCC(C)C(=O)N1CCN(C(=O)/C=C/c2ccc(OC)cc2)CC1. The second kappa shape index (κ2) is 8.52. The molecule has 1 saturated heterocycles. The van der Waals surface area contributed by atoms with E-state index < -0.39 is 0 Å². The Hall–Kier alpha value is -2.30. The molecule has 1 unspecified atom stereocenters. The van der Waals surface area contributed by atoms with Gasteiger partial charge in [-0.15, -0.1) is 0 Å². The third kappa shape index (κ3) is 4.60. The molecule has 1 aliphatic rings. The molecule has 0 bridgehead atoms. The maximum absolute atomic E-state index is 12.3. The lowest BCUT2D eigenvalue weighted by Gasteiger charge is -2.35. The van der Waals surface area contributed by atoms with Crippen LogP contribution in [0.1, 0.15) is 25.8 Å². The fourth-order valence-electron chi connectivity index (χ4n) is 2.62. The predicted octanol–water partition coefficient (Wildman–Crippen LogP) is 2.43. The molecule has 5 heteroatoms. The number of hydrogen-bond donors (Lipinski definition) is 0. The maximum Gasteiger partial charge on any atom is 0.246 e. The first-order chi connectivity index (χ1) is 11.5. The van der Waals surface area contributed by atoms with Crippen molar-refractivity contribution in [1.29, 1.82) is 0 Å². The molecule has 1 heterocycles. The smallest absolute Gasteiger partial charge is 0.246 e. The highest BCUT2D eigenvalue weighted by molar-refractivity contribution is 5.92. The van der Waals surface area contributed by atoms with Crippen molar-refractivity contribution in [3.63, 3.8) is 0 Å². The van der Waals surface area contributed by atoms with Crippen LogP contribution in [0.4, 0.5) is 0 Å². The molecule has 1 aromatic rings. The van der Waals surface area contributed by atoms with Crippen molar-refractivity contribution in [3.05, 3.63) is 35.9 Å². The number of rotatable bonds is 5. The minimum absolute atomic E-state index is 0.0125. The molecule has 0 spiro atoms. The van der Waals surface area contributed by atoms with E-state index in [-0.39, 0.29) is 17.7 Å². The summed E-state index contributed by atoms with van der Waals surface area (Å²) in [5.74, 6) is 1.03. The van der Waals surface area contributed by atoms with E-state index in [1.54, 1.807) is 24.2 Å². The van der Waals surface area contributed by atoms with Crippen LogP contribution in [0.2, 0.25) is 0 Å². The lowest BCUT2D eigenvalue weighted by atomic mass is 10.1. The summed E-state index contributed by atoms with van der Waals surface area (Å²) in [5.41, 5.74) is 0.953. The molecule has 5 nitrogen and oxygen atoms in total. The van der Waals surface area contributed by atoms with E-state index in [2.05, 4.69) is 0 Å². The summed E-state index contributed by atoms with van der Waals surface area (Å²) >= 11 is 0. The molecule has 130 valence electrons. The molecule has 0 aliphatic carbocycles. The summed E-state index contributed by atoms with van der Waals surface area (Å²) in [6.07, 6.45) is 4.25. The summed E-state index contributed by atoms with van der Waals surface area (Å²) in [4.78, 5) is 28.1. The van der Waals surface area contributed by atoms with Crippen molar-refractivity contribution in [2.24, 2.45) is 5.92 Å². The Balaban J connectivity index is 1.86. The van der Waals surface area contributed by atoms with Crippen molar-refractivity contribution < 1.29 is 14.3 Å². The predicted molar refractivity (Wildman–Crippen MR) is 94.6 cm³/mol. The minimum Gasteiger partial charge on any atom is -0.497 e. The molecule has 24 heavy (non-hydrogen) atoms.